The molecule has 30 heavy (non-hydrogen) atoms. The van der Waals surface area contributed by atoms with Crippen LogP contribution in [-0.4, -0.2) is 48.2 Å². The van der Waals surface area contributed by atoms with Crippen molar-refractivity contribution in [2.24, 2.45) is 5.41 Å². The molecule has 2 saturated heterocycles. The third-order valence-corrected chi connectivity index (χ3v) is 7.37. The number of anilines is 1. The van der Waals surface area contributed by atoms with Crippen LogP contribution < -0.4 is 4.90 Å². The number of hydrogen-bond acceptors (Lipinski definition) is 3. The fraction of sp³-hybridized carbons (Fsp3) is 0.500. The summed E-state index contributed by atoms with van der Waals surface area (Å²) in [5.41, 5.74) is 3.61. The van der Waals surface area contributed by atoms with Crippen LogP contribution in [0.2, 0.25) is 0 Å². The molecule has 2 heterocycles. The smallest absolute Gasteiger partial charge is 0.335 e. The standard InChI is InChI=1S/C17H22N2O2.C9H10/c20-16(21)13-3-5-14(6-4-13)19-11-17(12-19)9-15(10-17)18-7-1-2-8-18;1-2-4-8(5-3-1)9-6-7-9/h3-6,15H,1-2,7-12H2,(H,20,21);1-5,9H,6-7H2. The van der Waals surface area contributed by atoms with Gasteiger partial charge in [0.15, 0.2) is 0 Å². The van der Waals surface area contributed by atoms with Gasteiger partial charge in [0.05, 0.1) is 5.56 Å². The molecule has 1 N–H and O–H groups in total. The summed E-state index contributed by atoms with van der Waals surface area (Å²) in [5.74, 6) is 0.0558. The average molecular weight is 405 g/mol. The maximum Gasteiger partial charge on any atom is 0.335 e. The lowest BCUT2D eigenvalue weighted by molar-refractivity contribution is -0.00975. The Kier molecular flexibility index (Phi) is 5.28. The van der Waals surface area contributed by atoms with Crippen molar-refractivity contribution in [2.45, 2.75) is 50.5 Å². The van der Waals surface area contributed by atoms with Gasteiger partial charge >= 0.3 is 5.97 Å². The summed E-state index contributed by atoms with van der Waals surface area (Å²) < 4.78 is 0. The molecular formula is C26H32N2O2. The number of likely N-dealkylation sites (tertiary alicyclic amines) is 1. The van der Waals surface area contributed by atoms with Gasteiger partial charge in [-0.2, -0.15) is 0 Å². The van der Waals surface area contributed by atoms with E-state index in [9.17, 15) is 4.79 Å². The highest BCUT2D eigenvalue weighted by Crippen LogP contribution is 2.51. The van der Waals surface area contributed by atoms with Crippen molar-refractivity contribution in [3.8, 4) is 0 Å². The van der Waals surface area contributed by atoms with Crippen LogP contribution in [0.4, 0.5) is 5.69 Å². The first-order valence-electron chi connectivity index (χ1n) is 11.5. The van der Waals surface area contributed by atoms with Crippen molar-refractivity contribution in [1.82, 2.24) is 4.90 Å². The van der Waals surface area contributed by atoms with E-state index in [1.54, 1.807) is 12.1 Å². The molecule has 2 saturated carbocycles. The molecule has 0 atom stereocenters. The normalized spacial score (nSPS) is 22.7. The summed E-state index contributed by atoms with van der Waals surface area (Å²) >= 11 is 0. The minimum Gasteiger partial charge on any atom is -0.478 e. The van der Waals surface area contributed by atoms with E-state index >= 15 is 0 Å². The number of benzene rings is 2. The number of carboxylic acids is 1. The van der Waals surface area contributed by atoms with Gasteiger partial charge in [-0.05, 0) is 87.4 Å². The van der Waals surface area contributed by atoms with Crippen molar-refractivity contribution >= 4 is 11.7 Å². The van der Waals surface area contributed by atoms with Crippen LogP contribution in [-0.2, 0) is 0 Å². The Morgan fingerprint density at radius 3 is 2.10 bits per heavy atom. The van der Waals surface area contributed by atoms with E-state index in [4.69, 9.17) is 5.11 Å². The average Bonchev–Trinajstić information content (AvgIpc) is 3.43. The fourth-order valence-electron chi connectivity index (χ4n) is 5.47. The van der Waals surface area contributed by atoms with Crippen LogP contribution >= 0.6 is 0 Å². The van der Waals surface area contributed by atoms with Gasteiger partial charge in [0.25, 0.3) is 0 Å². The molecule has 2 aliphatic heterocycles. The van der Waals surface area contributed by atoms with Crippen molar-refractivity contribution in [2.75, 3.05) is 31.1 Å². The minimum atomic E-state index is -0.853. The highest BCUT2D eigenvalue weighted by Gasteiger charge is 2.53. The van der Waals surface area contributed by atoms with Gasteiger partial charge in [-0.3, -0.25) is 0 Å². The molecule has 2 aliphatic carbocycles. The summed E-state index contributed by atoms with van der Waals surface area (Å²) in [4.78, 5) is 15.9. The summed E-state index contributed by atoms with van der Waals surface area (Å²) in [5, 5.41) is 8.93. The Balaban J connectivity index is 0.000000178. The zero-order valence-corrected chi connectivity index (χ0v) is 17.7. The van der Waals surface area contributed by atoms with Gasteiger partial charge < -0.3 is 14.9 Å². The van der Waals surface area contributed by atoms with E-state index in [0.29, 0.717) is 11.0 Å². The van der Waals surface area contributed by atoms with Crippen molar-refractivity contribution in [3.05, 3.63) is 65.7 Å². The minimum absolute atomic E-state index is 0.367. The Bertz CT molecular complexity index is 856. The van der Waals surface area contributed by atoms with Gasteiger partial charge in [0.2, 0.25) is 0 Å². The van der Waals surface area contributed by atoms with Crippen molar-refractivity contribution in [3.63, 3.8) is 0 Å². The largest absolute Gasteiger partial charge is 0.478 e. The highest BCUT2D eigenvalue weighted by atomic mass is 16.4. The van der Waals surface area contributed by atoms with Gasteiger partial charge in [-0.1, -0.05) is 30.3 Å². The summed E-state index contributed by atoms with van der Waals surface area (Å²) in [6, 6.07) is 18.9. The Morgan fingerprint density at radius 2 is 1.53 bits per heavy atom. The predicted molar refractivity (Wildman–Crippen MR) is 120 cm³/mol. The second kappa shape index (κ2) is 8.07. The number of nitrogens with zero attached hydrogens (tertiary/aromatic N) is 2. The molecule has 2 aromatic rings. The fourth-order valence-corrected chi connectivity index (χ4v) is 5.47. The van der Waals surface area contributed by atoms with Crippen LogP contribution in [0.15, 0.2) is 54.6 Å². The molecule has 0 bridgehead atoms. The Labute approximate surface area is 179 Å². The molecule has 0 amide bonds. The molecule has 0 unspecified atom stereocenters. The van der Waals surface area contributed by atoms with Crippen LogP contribution in [0, 0.1) is 5.41 Å². The quantitative estimate of drug-likeness (QED) is 0.778. The first-order chi connectivity index (χ1) is 14.6. The van der Waals surface area contributed by atoms with E-state index in [-0.39, 0.29) is 0 Å². The first kappa shape index (κ1) is 19.6. The predicted octanol–water partition coefficient (Wildman–Crippen LogP) is 5.01. The van der Waals surface area contributed by atoms with Gasteiger partial charge in [0.1, 0.15) is 0 Å². The highest BCUT2D eigenvalue weighted by molar-refractivity contribution is 5.88. The molecule has 158 valence electrons. The van der Waals surface area contributed by atoms with Crippen LogP contribution in [0.5, 0.6) is 0 Å². The molecule has 4 fully saturated rings. The van der Waals surface area contributed by atoms with Crippen molar-refractivity contribution < 1.29 is 9.90 Å². The molecular weight excluding hydrogens is 372 g/mol. The monoisotopic (exact) mass is 404 g/mol. The maximum atomic E-state index is 10.9. The van der Waals surface area contributed by atoms with E-state index in [1.807, 2.05) is 12.1 Å². The summed E-state index contributed by atoms with van der Waals surface area (Å²) in [6.07, 6.45) is 8.29. The lowest BCUT2D eigenvalue weighted by Crippen LogP contribution is -2.66. The van der Waals surface area contributed by atoms with Gasteiger partial charge in [-0.15, -0.1) is 0 Å². The number of carboxylic acid groups (broad SMARTS) is 1. The SMILES string of the molecule is O=C(O)c1ccc(N2CC3(CC(N4CCCC4)C3)C2)cc1.c1ccc(C2CC2)cc1. The van der Waals surface area contributed by atoms with Gasteiger partial charge in [-0.25, -0.2) is 4.79 Å². The first-order valence-corrected chi connectivity index (χ1v) is 11.5. The van der Waals surface area contributed by atoms with E-state index in [1.165, 1.54) is 57.2 Å². The molecule has 2 aromatic carbocycles. The number of carbonyl (C=O) groups is 1. The van der Waals surface area contributed by atoms with E-state index < -0.39 is 5.97 Å². The van der Waals surface area contributed by atoms with Crippen LogP contribution in [0.25, 0.3) is 0 Å². The van der Waals surface area contributed by atoms with E-state index in [0.717, 1.165) is 30.7 Å². The lowest BCUT2D eigenvalue weighted by atomic mass is 9.60. The molecule has 0 radical (unpaired) electrons. The lowest BCUT2D eigenvalue weighted by Gasteiger charge is -2.61. The molecule has 1 spiro atoms. The summed E-state index contributed by atoms with van der Waals surface area (Å²) in [7, 11) is 0. The zero-order valence-electron chi connectivity index (χ0n) is 17.7. The molecule has 4 aliphatic rings. The third kappa shape index (κ3) is 4.11. The molecule has 4 heteroatoms. The molecule has 6 rings (SSSR count). The maximum absolute atomic E-state index is 10.9. The number of rotatable bonds is 4. The summed E-state index contributed by atoms with van der Waals surface area (Å²) in [6.45, 7) is 4.90. The third-order valence-electron chi connectivity index (χ3n) is 7.37. The second-order valence-corrected chi connectivity index (χ2v) is 9.70. The molecule has 4 nitrogen and oxygen atoms in total. The Morgan fingerprint density at radius 1 is 0.900 bits per heavy atom. The zero-order chi connectivity index (χ0) is 20.6. The van der Waals surface area contributed by atoms with Crippen molar-refractivity contribution in [1.29, 1.82) is 0 Å². The topological polar surface area (TPSA) is 43.8 Å². The Hall–Kier alpha value is -2.33. The van der Waals surface area contributed by atoms with Crippen LogP contribution in [0.1, 0.15) is 60.4 Å². The van der Waals surface area contributed by atoms with Gasteiger partial charge in [0, 0.05) is 30.2 Å². The number of hydrogen-bond donors (Lipinski definition) is 1. The number of aromatic carboxylic acids is 1. The second-order valence-electron chi connectivity index (χ2n) is 9.70. The van der Waals surface area contributed by atoms with E-state index in [2.05, 4.69) is 40.1 Å². The van der Waals surface area contributed by atoms with Crippen LogP contribution in [0.3, 0.4) is 0 Å². The molecule has 0 aromatic heterocycles.